The van der Waals surface area contributed by atoms with Crippen molar-refractivity contribution in [1.29, 1.82) is 0 Å². The van der Waals surface area contributed by atoms with E-state index in [-0.39, 0.29) is 5.97 Å². The Labute approximate surface area is 95.5 Å². The SMILES string of the molecule is CC(NC/C=C/C(=O)O)C(=O)OC(C)(C)C. The van der Waals surface area contributed by atoms with E-state index in [1.807, 2.05) is 0 Å². The van der Waals surface area contributed by atoms with Gasteiger partial charge in [-0.25, -0.2) is 4.79 Å². The van der Waals surface area contributed by atoms with Crippen molar-refractivity contribution in [2.24, 2.45) is 0 Å². The van der Waals surface area contributed by atoms with Crippen LogP contribution in [0.15, 0.2) is 12.2 Å². The summed E-state index contributed by atoms with van der Waals surface area (Å²) in [6.45, 7) is 7.36. The fourth-order valence-electron chi connectivity index (χ4n) is 0.878. The van der Waals surface area contributed by atoms with Gasteiger partial charge >= 0.3 is 11.9 Å². The van der Waals surface area contributed by atoms with Crippen molar-refractivity contribution in [3.8, 4) is 0 Å². The Bertz CT molecular complexity index is 278. The first kappa shape index (κ1) is 14.6. The predicted octanol–water partition coefficient (Wildman–Crippen LogP) is 0.947. The van der Waals surface area contributed by atoms with Gasteiger partial charge in [-0.1, -0.05) is 6.08 Å². The molecule has 0 rings (SSSR count). The molecular weight excluding hydrogens is 210 g/mol. The molecule has 0 aromatic carbocycles. The molecule has 0 spiro atoms. The van der Waals surface area contributed by atoms with Gasteiger partial charge in [0.2, 0.25) is 0 Å². The zero-order valence-electron chi connectivity index (χ0n) is 10.1. The molecule has 0 radical (unpaired) electrons. The lowest BCUT2D eigenvalue weighted by molar-refractivity contribution is -0.156. The van der Waals surface area contributed by atoms with Crippen molar-refractivity contribution in [2.75, 3.05) is 6.54 Å². The number of rotatable bonds is 5. The lowest BCUT2D eigenvalue weighted by Crippen LogP contribution is -2.39. The molecule has 5 nitrogen and oxygen atoms in total. The summed E-state index contributed by atoms with van der Waals surface area (Å²) in [5, 5.41) is 11.2. The molecule has 0 saturated heterocycles. The summed E-state index contributed by atoms with van der Waals surface area (Å²) >= 11 is 0. The second-order valence-electron chi connectivity index (χ2n) is 4.40. The van der Waals surface area contributed by atoms with E-state index in [1.165, 1.54) is 6.08 Å². The Balaban J connectivity index is 3.93. The second-order valence-corrected chi connectivity index (χ2v) is 4.40. The molecule has 1 unspecified atom stereocenters. The summed E-state index contributed by atoms with van der Waals surface area (Å²) < 4.78 is 5.14. The highest BCUT2D eigenvalue weighted by Gasteiger charge is 2.20. The third kappa shape index (κ3) is 7.99. The normalized spacial score (nSPS) is 13.8. The maximum atomic E-state index is 11.5. The molecule has 0 bridgehead atoms. The average Bonchev–Trinajstić information content (AvgIpc) is 2.08. The molecule has 92 valence electrons. The minimum absolute atomic E-state index is 0.312. The fourth-order valence-corrected chi connectivity index (χ4v) is 0.878. The van der Waals surface area contributed by atoms with Gasteiger partial charge in [0.1, 0.15) is 11.6 Å². The Morgan fingerprint density at radius 1 is 1.44 bits per heavy atom. The van der Waals surface area contributed by atoms with E-state index in [0.717, 1.165) is 6.08 Å². The molecule has 0 aromatic heterocycles. The first-order chi connectivity index (χ1) is 7.22. The Kier molecular flexibility index (Phi) is 5.74. The number of esters is 1. The number of carbonyl (C=O) groups is 2. The molecule has 1 atom stereocenters. The van der Waals surface area contributed by atoms with Crippen LogP contribution < -0.4 is 5.32 Å². The first-order valence-electron chi connectivity index (χ1n) is 5.08. The van der Waals surface area contributed by atoms with Gasteiger partial charge in [0.15, 0.2) is 0 Å². The van der Waals surface area contributed by atoms with Crippen LogP contribution in [-0.2, 0) is 14.3 Å². The van der Waals surface area contributed by atoms with Crippen LogP contribution in [0.25, 0.3) is 0 Å². The van der Waals surface area contributed by atoms with E-state index in [9.17, 15) is 9.59 Å². The molecular formula is C11H19NO4. The van der Waals surface area contributed by atoms with E-state index in [0.29, 0.717) is 6.54 Å². The molecule has 0 fully saturated rings. The molecule has 2 N–H and O–H groups in total. The number of carboxylic acid groups (broad SMARTS) is 1. The van der Waals surface area contributed by atoms with Crippen LogP contribution in [0.3, 0.4) is 0 Å². The van der Waals surface area contributed by atoms with Gasteiger partial charge in [0.25, 0.3) is 0 Å². The van der Waals surface area contributed by atoms with Crippen molar-refractivity contribution in [2.45, 2.75) is 39.3 Å². The number of aliphatic carboxylic acids is 1. The van der Waals surface area contributed by atoms with Gasteiger partial charge in [-0.15, -0.1) is 0 Å². The van der Waals surface area contributed by atoms with E-state index >= 15 is 0 Å². The lowest BCUT2D eigenvalue weighted by atomic mass is 10.2. The maximum absolute atomic E-state index is 11.5. The Morgan fingerprint density at radius 3 is 2.44 bits per heavy atom. The minimum Gasteiger partial charge on any atom is -0.478 e. The van der Waals surface area contributed by atoms with Crippen LogP contribution in [0.2, 0.25) is 0 Å². The van der Waals surface area contributed by atoms with Gasteiger partial charge in [0, 0.05) is 12.6 Å². The summed E-state index contributed by atoms with van der Waals surface area (Å²) in [7, 11) is 0. The molecule has 0 amide bonds. The van der Waals surface area contributed by atoms with Crippen molar-refractivity contribution >= 4 is 11.9 Å². The fraction of sp³-hybridized carbons (Fsp3) is 0.636. The summed E-state index contributed by atoms with van der Waals surface area (Å²) in [5.41, 5.74) is -0.510. The maximum Gasteiger partial charge on any atom is 0.328 e. The van der Waals surface area contributed by atoms with Crippen LogP contribution >= 0.6 is 0 Å². The third-order valence-corrected chi connectivity index (χ3v) is 1.56. The highest BCUT2D eigenvalue weighted by atomic mass is 16.6. The van der Waals surface area contributed by atoms with Crippen LogP contribution in [0.4, 0.5) is 0 Å². The van der Waals surface area contributed by atoms with Crippen LogP contribution in [-0.4, -0.2) is 35.2 Å². The molecule has 0 aromatic rings. The highest BCUT2D eigenvalue weighted by Crippen LogP contribution is 2.08. The summed E-state index contributed by atoms with van der Waals surface area (Å²) in [6.07, 6.45) is 2.46. The molecule has 0 aliphatic heterocycles. The zero-order valence-corrected chi connectivity index (χ0v) is 10.1. The molecule has 0 aliphatic rings. The Hall–Kier alpha value is -1.36. The van der Waals surface area contributed by atoms with Crippen molar-refractivity contribution < 1.29 is 19.4 Å². The van der Waals surface area contributed by atoms with Gasteiger partial charge in [-0.3, -0.25) is 4.79 Å². The van der Waals surface area contributed by atoms with E-state index in [4.69, 9.17) is 9.84 Å². The van der Waals surface area contributed by atoms with Gasteiger partial charge in [0.05, 0.1) is 0 Å². The number of ether oxygens (including phenoxy) is 1. The molecule has 16 heavy (non-hydrogen) atoms. The Morgan fingerprint density at radius 2 is 2.00 bits per heavy atom. The van der Waals surface area contributed by atoms with Crippen molar-refractivity contribution in [3.63, 3.8) is 0 Å². The lowest BCUT2D eigenvalue weighted by Gasteiger charge is -2.22. The second kappa shape index (κ2) is 6.27. The number of nitrogens with one attached hydrogen (secondary N) is 1. The molecule has 0 saturated carbocycles. The van der Waals surface area contributed by atoms with Crippen molar-refractivity contribution in [1.82, 2.24) is 5.32 Å². The third-order valence-electron chi connectivity index (χ3n) is 1.56. The number of hydrogen-bond acceptors (Lipinski definition) is 4. The average molecular weight is 229 g/mol. The van der Waals surface area contributed by atoms with Gasteiger partial charge < -0.3 is 15.2 Å². The minimum atomic E-state index is -1.01. The summed E-state index contributed by atoms with van der Waals surface area (Å²) in [5.74, 6) is -1.36. The first-order valence-corrected chi connectivity index (χ1v) is 5.08. The standard InChI is InChI=1S/C11H19NO4/c1-8(10(15)16-11(2,3)4)12-7-5-6-9(13)14/h5-6,8,12H,7H2,1-4H3,(H,13,14)/b6-5+. The predicted molar refractivity (Wildman–Crippen MR) is 60.1 cm³/mol. The zero-order chi connectivity index (χ0) is 12.8. The quantitative estimate of drug-likeness (QED) is 0.542. The smallest absolute Gasteiger partial charge is 0.328 e. The van der Waals surface area contributed by atoms with Crippen LogP contribution in [0.5, 0.6) is 0 Å². The largest absolute Gasteiger partial charge is 0.478 e. The number of carbonyl (C=O) groups excluding carboxylic acids is 1. The summed E-state index contributed by atoms with van der Waals surface area (Å²) in [6, 6.07) is -0.460. The summed E-state index contributed by atoms with van der Waals surface area (Å²) in [4.78, 5) is 21.6. The molecule has 0 aliphatic carbocycles. The van der Waals surface area contributed by atoms with Gasteiger partial charge in [-0.05, 0) is 27.7 Å². The number of carboxylic acids is 1. The number of hydrogen-bond donors (Lipinski definition) is 2. The van der Waals surface area contributed by atoms with Crippen LogP contribution in [0, 0.1) is 0 Å². The molecule has 5 heteroatoms. The van der Waals surface area contributed by atoms with Crippen molar-refractivity contribution in [3.05, 3.63) is 12.2 Å². The van der Waals surface area contributed by atoms with E-state index in [2.05, 4.69) is 5.32 Å². The van der Waals surface area contributed by atoms with E-state index in [1.54, 1.807) is 27.7 Å². The highest BCUT2D eigenvalue weighted by molar-refractivity contribution is 5.79. The monoisotopic (exact) mass is 229 g/mol. The topological polar surface area (TPSA) is 75.6 Å². The van der Waals surface area contributed by atoms with E-state index < -0.39 is 17.6 Å². The van der Waals surface area contributed by atoms with Gasteiger partial charge in [-0.2, -0.15) is 0 Å². The van der Waals surface area contributed by atoms with Crippen LogP contribution in [0.1, 0.15) is 27.7 Å². The molecule has 0 heterocycles.